The zero-order valence-electron chi connectivity index (χ0n) is 8.48. The zero-order chi connectivity index (χ0) is 9.97. The van der Waals surface area contributed by atoms with Gasteiger partial charge in [0.2, 0.25) is 0 Å². The molecular formula is C10H17N3O. The lowest BCUT2D eigenvalue weighted by Gasteiger charge is -2.28. The molecule has 2 atom stereocenters. The summed E-state index contributed by atoms with van der Waals surface area (Å²) < 4.78 is 1.76. The second kappa shape index (κ2) is 4.00. The first-order valence-electron chi connectivity index (χ1n) is 5.19. The molecule has 0 radical (unpaired) electrons. The van der Waals surface area contributed by atoms with Gasteiger partial charge in [-0.1, -0.05) is 12.8 Å². The minimum absolute atomic E-state index is 0.202. The van der Waals surface area contributed by atoms with Crippen LogP contribution in [0, 0.1) is 0 Å². The van der Waals surface area contributed by atoms with Crippen molar-refractivity contribution in [2.24, 2.45) is 7.05 Å². The van der Waals surface area contributed by atoms with Crippen molar-refractivity contribution in [2.75, 3.05) is 5.32 Å². The zero-order valence-corrected chi connectivity index (χ0v) is 8.48. The number of anilines is 1. The van der Waals surface area contributed by atoms with Crippen LogP contribution in [0.2, 0.25) is 0 Å². The van der Waals surface area contributed by atoms with E-state index in [1.165, 1.54) is 6.42 Å². The van der Waals surface area contributed by atoms with Crippen molar-refractivity contribution in [2.45, 2.75) is 37.8 Å². The Kier molecular flexibility index (Phi) is 2.72. The first-order chi connectivity index (χ1) is 6.75. The molecule has 2 unspecified atom stereocenters. The molecule has 0 spiro atoms. The highest BCUT2D eigenvalue weighted by Crippen LogP contribution is 2.21. The van der Waals surface area contributed by atoms with E-state index in [4.69, 9.17) is 0 Å². The molecule has 4 heteroatoms. The molecule has 4 nitrogen and oxygen atoms in total. The summed E-state index contributed by atoms with van der Waals surface area (Å²) in [7, 11) is 1.89. The molecule has 1 aliphatic rings. The summed E-state index contributed by atoms with van der Waals surface area (Å²) in [4.78, 5) is 0. The Hall–Kier alpha value is -1.03. The van der Waals surface area contributed by atoms with Crippen LogP contribution in [0.1, 0.15) is 25.7 Å². The Labute approximate surface area is 83.9 Å². The van der Waals surface area contributed by atoms with Gasteiger partial charge >= 0.3 is 0 Å². The third-order valence-electron chi connectivity index (χ3n) is 2.79. The topological polar surface area (TPSA) is 50.1 Å². The van der Waals surface area contributed by atoms with Crippen LogP contribution in [0.15, 0.2) is 12.4 Å². The lowest BCUT2D eigenvalue weighted by Crippen LogP contribution is -2.36. The van der Waals surface area contributed by atoms with Gasteiger partial charge in [0.15, 0.2) is 0 Å². The van der Waals surface area contributed by atoms with Crippen LogP contribution in [0.3, 0.4) is 0 Å². The molecule has 1 fully saturated rings. The van der Waals surface area contributed by atoms with E-state index in [1.54, 1.807) is 10.9 Å². The average Bonchev–Trinajstić information content (AvgIpc) is 2.56. The van der Waals surface area contributed by atoms with Gasteiger partial charge in [-0.25, -0.2) is 0 Å². The van der Waals surface area contributed by atoms with Gasteiger partial charge in [-0.2, -0.15) is 5.10 Å². The quantitative estimate of drug-likeness (QED) is 0.744. The van der Waals surface area contributed by atoms with Crippen LogP contribution >= 0.6 is 0 Å². The van der Waals surface area contributed by atoms with Gasteiger partial charge in [-0.15, -0.1) is 0 Å². The highest BCUT2D eigenvalue weighted by molar-refractivity contribution is 5.39. The first-order valence-corrected chi connectivity index (χ1v) is 5.19. The summed E-state index contributed by atoms with van der Waals surface area (Å²) in [5, 5.41) is 17.1. The van der Waals surface area contributed by atoms with E-state index >= 15 is 0 Å². The van der Waals surface area contributed by atoms with Crippen LogP contribution in [0.25, 0.3) is 0 Å². The minimum Gasteiger partial charge on any atom is -0.391 e. The largest absolute Gasteiger partial charge is 0.391 e. The fraction of sp³-hybridized carbons (Fsp3) is 0.700. The van der Waals surface area contributed by atoms with E-state index < -0.39 is 0 Å². The molecule has 1 aromatic heterocycles. The van der Waals surface area contributed by atoms with Crippen molar-refractivity contribution >= 4 is 5.69 Å². The number of rotatable bonds is 2. The van der Waals surface area contributed by atoms with Gasteiger partial charge in [-0.05, 0) is 12.8 Å². The van der Waals surface area contributed by atoms with Crippen LogP contribution in [0.4, 0.5) is 5.69 Å². The Morgan fingerprint density at radius 2 is 2.29 bits per heavy atom. The first kappa shape index (κ1) is 9.52. The molecule has 1 heterocycles. The molecule has 1 aromatic rings. The number of nitrogens with zero attached hydrogens (tertiary/aromatic N) is 2. The molecule has 1 aliphatic carbocycles. The van der Waals surface area contributed by atoms with Gasteiger partial charge in [0.1, 0.15) is 0 Å². The van der Waals surface area contributed by atoms with E-state index in [0.717, 1.165) is 24.9 Å². The van der Waals surface area contributed by atoms with E-state index in [9.17, 15) is 5.11 Å². The van der Waals surface area contributed by atoms with Gasteiger partial charge in [0.25, 0.3) is 0 Å². The van der Waals surface area contributed by atoms with Gasteiger partial charge < -0.3 is 10.4 Å². The summed E-state index contributed by atoms with van der Waals surface area (Å²) in [6, 6.07) is 0.202. The van der Waals surface area contributed by atoms with Crippen LogP contribution < -0.4 is 5.32 Å². The second-order valence-electron chi connectivity index (χ2n) is 4.01. The summed E-state index contributed by atoms with van der Waals surface area (Å²) >= 11 is 0. The van der Waals surface area contributed by atoms with Crippen molar-refractivity contribution < 1.29 is 5.11 Å². The predicted molar refractivity (Wildman–Crippen MR) is 55.1 cm³/mol. The smallest absolute Gasteiger partial charge is 0.0741 e. The normalized spacial score (nSPS) is 27.6. The molecule has 0 bridgehead atoms. The third kappa shape index (κ3) is 2.07. The Bertz CT molecular complexity index is 297. The number of nitrogens with one attached hydrogen (secondary N) is 1. The lowest BCUT2D eigenvalue weighted by atomic mass is 9.92. The van der Waals surface area contributed by atoms with Gasteiger partial charge in [-0.3, -0.25) is 4.68 Å². The number of aliphatic hydroxyl groups is 1. The van der Waals surface area contributed by atoms with Gasteiger partial charge in [0.05, 0.1) is 24.0 Å². The van der Waals surface area contributed by atoms with E-state index in [1.807, 2.05) is 13.2 Å². The molecule has 2 N–H and O–H groups in total. The second-order valence-corrected chi connectivity index (χ2v) is 4.01. The van der Waals surface area contributed by atoms with Crippen LogP contribution in [-0.2, 0) is 7.05 Å². The lowest BCUT2D eigenvalue weighted by molar-refractivity contribution is 0.116. The minimum atomic E-state index is -0.205. The molecule has 0 amide bonds. The molecule has 1 saturated carbocycles. The van der Waals surface area contributed by atoms with Crippen molar-refractivity contribution in [3.05, 3.63) is 12.4 Å². The number of aliphatic hydroxyl groups excluding tert-OH is 1. The van der Waals surface area contributed by atoms with E-state index in [-0.39, 0.29) is 12.1 Å². The van der Waals surface area contributed by atoms with Crippen LogP contribution in [-0.4, -0.2) is 27.0 Å². The number of hydrogen-bond donors (Lipinski definition) is 2. The Balaban J connectivity index is 1.95. The monoisotopic (exact) mass is 195 g/mol. The Morgan fingerprint density at radius 3 is 2.93 bits per heavy atom. The average molecular weight is 195 g/mol. The van der Waals surface area contributed by atoms with Crippen molar-refractivity contribution in [1.29, 1.82) is 0 Å². The highest BCUT2D eigenvalue weighted by Gasteiger charge is 2.22. The number of aryl methyl sites for hydroxylation is 1. The summed E-state index contributed by atoms with van der Waals surface area (Å²) in [6.45, 7) is 0. The maximum absolute atomic E-state index is 9.75. The van der Waals surface area contributed by atoms with E-state index in [2.05, 4.69) is 10.4 Å². The fourth-order valence-corrected chi connectivity index (χ4v) is 1.99. The fourth-order valence-electron chi connectivity index (χ4n) is 1.99. The molecule has 78 valence electrons. The van der Waals surface area contributed by atoms with Gasteiger partial charge in [0, 0.05) is 13.2 Å². The predicted octanol–water partition coefficient (Wildman–Crippen LogP) is 1.14. The molecule has 2 rings (SSSR count). The maximum Gasteiger partial charge on any atom is 0.0741 e. The van der Waals surface area contributed by atoms with Crippen molar-refractivity contribution in [3.8, 4) is 0 Å². The van der Waals surface area contributed by atoms with Crippen LogP contribution in [0.5, 0.6) is 0 Å². The van der Waals surface area contributed by atoms with Crippen molar-refractivity contribution in [3.63, 3.8) is 0 Å². The number of aromatic nitrogens is 2. The number of hydrogen-bond acceptors (Lipinski definition) is 3. The Morgan fingerprint density at radius 1 is 1.50 bits per heavy atom. The molecule has 0 aliphatic heterocycles. The summed E-state index contributed by atoms with van der Waals surface area (Å²) in [5.41, 5.74) is 0.999. The molecule has 0 saturated heterocycles. The van der Waals surface area contributed by atoms with E-state index in [0.29, 0.717) is 0 Å². The maximum atomic E-state index is 9.75. The third-order valence-corrected chi connectivity index (χ3v) is 2.79. The highest BCUT2D eigenvalue weighted by atomic mass is 16.3. The van der Waals surface area contributed by atoms with Crippen molar-refractivity contribution in [1.82, 2.24) is 9.78 Å². The molecule has 14 heavy (non-hydrogen) atoms. The summed E-state index contributed by atoms with van der Waals surface area (Å²) in [6.07, 6.45) is 7.84. The SMILES string of the molecule is Cn1cc(NC2CCCCC2O)cn1. The molecular weight excluding hydrogens is 178 g/mol. The standard InChI is InChI=1S/C10H17N3O/c1-13-7-8(6-11-13)12-9-4-2-3-5-10(9)14/h6-7,9-10,12,14H,2-5H2,1H3. The molecule has 0 aromatic carbocycles. The summed E-state index contributed by atoms with van der Waals surface area (Å²) in [5.74, 6) is 0.